The van der Waals surface area contributed by atoms with Gasteiger partial charge >= 0.3 is 0 Å². The Morgan fingerprint density at radius 3 is 2.72 bits per heavy atom. The minimum absolute atomic E-state index is 0.555. The SMILES string of the molecule is CCCc1nc(Cl)c(C)c(Cc2ccccn2)n1. The largest absolute Gasteiger partial charge is 0.261 e. The normalized spacial score (nSPS) is 10.6. The van der Waals surface area contributed by atoms with E-state index in [4.69, 9.17) is 11.6 Å². The minimum atomic E-state index is 0.555. The summed E-state index contributed by atoms with van der Waals surface area (Å²) in [5.74, 6) is 0.819. The number of hydrogen-bond donors (Lipinski definition) is 0. The Morgan fingerprint density at radius 1 is 1.22 bits per heavy atom. The number of nitrogens with zero attached hydrogens (tertiary/aromatic N) is 3. The van der Waals surface area contributed by atoms with Crippen molar-refractivity contribution in [2.45, 2.75) is 33.1 Å². The monoisotopic (exact) mass is 261 g/mol. The van der Waals surface area contributed by atoms with Crippen molar-refractivity contribution in [2.75, 3.05) is 0 Å². The molecule has 0 aliphatic carbocycles. The molecule has 2 heterocycles. The number of aryl methyl sites for hydroxylation is 1. The Hall–Kier alpha value is -1.48. The van der Waals surface area contributed by atoms with Crippen LogP contribution in [0.3, 0.4) is 0 Å². The van der Waals surface area contributed by atoms with Gasteiger partial charge in [0.1, 0.15) is 11.0 Å². The zero-order valence-electron chi connectivity index (χ0n) is 10.7. The van der Waals surface area contributed by atoms with Gasteiger partial charge in [-0.3, -0.25) is 4.98 Å². The molecular weight excluding hydrogens is 246 g/mol. The zero-order valence-corrected chi connectivity index (χ0v) is 11.4. The summed E-state index contributed by atoms with van der Waals surface area (Å²) in [6.07, 6.45) is 4.36. The van der Waals surface area contributed by atoms with E-state index >= 15 is 0 Å². The van der Waals surface area contributed by atoms with Crippen LogP contribution in [0.25, 0.3) is 0 Å². The van der Waals surface area contributed by atoms with Crippen LogP contribution in [0.5, 0.6) is 0 Å². The second-order valence-corrected chi connectivity index (χ2v) is 4.61. The van der Waals surface area contributed by atoms with Crippen LogP contribution >= 0.6 is 11.6 Å². The molecule has 2 rings (SSSR count). The molecule has 2 aromatic rings. The van der Waals surface area contributed by atoms with Crippen molar-refractivity contribution in [1.29, 1.82) is 0 Å². The predicted octanol–water partition coefficient (Wildman–Crippen LogP) is 3.38. The molecule has 0 aliphatic heterocycles. The van der Waals surface area contributed by atoms with Crippen molar-refractivity contribution < 1.29 is 0 Å². The second kappa shape index (κ2) is 5.91. The highest BCUT2D eigenvalue weighted by Crippen LogP contribution is 2.18. The van der Waals surface area contributed by atoms with Gasteiger partial charge in [0.15, 0.2) is 0 Å². The van der Waals surface area contributed by atoms with Gasteiger partial charge in [0, 0.05) is 30.3 Å². The molecule has 0 saturated heterocycles. The van der Waals surface area contributed by atoms with Crippen LogP contribution < -0.4 is 0 Å². The first-order valence-electron chi connectivity index (χ1n) is 6.12. The molecule has 0 aromatic carbocycles. The summed E-state index contributed by atoms with van der Waals surface area (Å²) < 4.78 is 0. The van der Waals surface area contributed by atoms with Gasteiger partial charge in [0.05, 0.1) is 5.69 Å². The molecule has 3 nitrogen and oxygen atoms in total. The van der Waals surface area contributed by atoms with Crippen molar-refractivity contribution in [3.8, 4) is 0 Å². The molecular formula is C14H16ClN3. The highest BCUT2D eigenvalue weighted by Gasteiger charge is 2.10. The molecule has 0 unspecified atom stereocenters. The summed E-state index contributed by atoms with van der Waals surface area (Å²) in [4.78, 5) is 13.2. The summed E-state index contributed by atoms with van der Waals surface area (Å²) >= 11 is 6.15. The Bertz CT molecular complexity index is 526. The lowest BCUT2D eigenvalue weighted by Crippen LogP contribution is -2.05. The van der Waals surface area contributed by atoms with Gasteiger partial charge in [0.2, 0.25) is 0 Å². The van der Waals surface area contributed by atoms with Crippen molar-refractivity contribution in [3.63, 3.8) is 0 Å². The maximum absolute atomic E-state index is 6.15. The zero-order chi connectivity index (χ0) is 13.0. The van der Waals surface area contributed by atoms with Crippen molar-refractivity contribution in [1.82, 2.24) is 15.0 Å². The van der Waals surface area contributed by atoms with E-state index < -0.39 is 0 Å². The van der Waals surface area contributed by atoms with Gasteiger partial charge in [-0.1, -0.05) is 24.6 Å². The number of halogens is 1. The first kappa shape index (κ1) is 13.0. The summed E-state index contributed by atoms with van der Waals surface area (Å²) in [6, 6.07) is 5.88. The van der Waals surface area contributed by atoms with Gasteiger partial charge in [-0.05, 0) is 25.5 Å². The van der Waals surface area contributed by atoms with Crippen molar-refractivity contribution >= 4 is 11.6 Å². The maximum Gasteiger partial charge on any atom is 0.135 e. The van der Waals surface area contributed by atoms with E-state index in [1.54, 1.807) is 6.20 Å². The van der Waals surface area contributed by atoms with E-state index in [0.717, 1.165) is 35.6 Å². The molecule has 4 heteroatoms. The van der Waals surface area contributed by atoms with Crippen LogP contribution in [0.4, 0.5) is 0 Å². The lowest BCUT2D eigenvalue weighted by Gasteiger charge is -2.08. The molecule has 94 valence electrons. The number of hydrogen-bond acceptors (Lipinski definition) is 3. The van der Waals surface area contributed by atoms with E-state index in [0.29, 0.717) is 11.6 Å². The number of aromatic nitrogens is 3. The fourth-order valence-electron chi connectivity index (χ4n) is 1.76. The molecule has 0 spiro atoms. The predicted molar refractivity (Wildman–Crippen MR) is 72.8 cm³/mol. The van der Waals surface area contributed by atoms with Crippen LogP contribution in [-0.4, -0.2) is 15.0 Å². The van der Waals surface area contributed by atoms with E-state index in [-0.39, 0.29) is 0 Å². The van der Waals surface area contributed by atoms with Crippen molar-refractivity contribution in [2.24, 2.45) is 0 Å². The summed E-state index contributed by atoms with van der Waals surface area (Å²) in [5, 5.41) is 0.555. The molecule has 0 atom stereocenters. The topological polar surface area (TPSA) is 38.7 Å². The molecule has 2 aromatic heterocycles. The minimum Gasteiger partial charge on any atom is -0.261 e. The fraction of sp³-hybridized carbons (Fsp3) is 0.357. The van der Waals surface area contributed by atoms with E-state index in [1.807, 2.05) is 25.1 Å². The third-order valence-electron chi connectivity index (χ3n) is 2.78. The maximum atomic E-state index is 6.15. The average molecular weight is 262 g/mol. The molecule has 0 amide bonds. The quantitative estimate of drug-likeness (QED) is 0.792. The average Bonchev–Trinajstić information content (AvgIpc) is 2.37. The van der Waals surface area contributed by atoms with E-state index in [2.05, 4.69) is 21.9 Å². The molecule has 0 saturated carbocycles. The Labute approximate surface area is 112 Å². The fourth-order valence-corrected chi connectivity index (χ4v) is 1.97. The van der Waals surface area contributed by atoms with E-state index in [9.17, 15) is 0 Å². The first-order chi connectivity index (χ1) is 8.70. The van der Waals surface area contributed by atoms with Gasteiger partial charge < -0.3 is 0 Å². The Kier molecular flexibility index (Phi) is 4.26. The number of rotatable bonds is 4. The highest BCUT2D eigenvalue weighted by atomic mass is 35.5. The molecule has 0 aliphatic rings. The van der Waals surface area contributed by atoms with Gasteiger partial charge in [-0.15, -0.1) is 0 Å². The number of pyridine rings is 1. The molecule has 0 bridgehead atoms. The molecule has 0 radical (unpaired) electrons. The lowest BCUT2D eigenvalue weighted by molar-refractivity contribution is 0.808. The Balaban J connectivity index is 2.31. The van der Waals surface area contributed by atoms with Gasteiger partial charge in [0.25, 0.3) is 0 Å². The van der Waals surface area contributed by atoms with Crippen LogP contribution in [0.2, 0.25) is 5.15 Å². The van der Waals surface area contributed by atoms with Gasteiger partial charge in [-0.25, -0.2) is 9.97 Å². The summed E-state index contributed by atoms with van der Waals surface area (Å²) in [7, 11) is 0. The highest BCUT2D eigenvalue weighted by molar-refractivity contribution is 6.30. The van der Waals surface area contributed by atoms with E-state index in [1.165, 1.54) is 0 Å². The van der Waals surface area contributed by atoms with Crippen LogP contribution in [0, 0.1) is 6.92 Å². The van der Waals surface area contributed by atoms with Crippen molar-refractivity contribution in [3.05, 3.63) is 52.3 Å². The summed E-state index contributed by atoms with van der Waals surface area (Å²) in [5.41, 5.74) is 2.91. The van der Waals surface area contributed by atoms with Gasteiger partial charge in [-0.2, -0.15) is 0 Å². The lowest BCUT2D eigenvalue weighted by atomic mass is 10.1. The Morgan fingerprint density at radius 2 is 2.06 bits per heavy atom. The first-order valence-corrected chi connectivity index (χ1v) is 6.50. The second-order valence-electron chi connectivity index (χ2n) is 4.25. The van der Waals surface area contributed by atoms with Crippen LogP contribution in [0.15, 0.2) is 24.4 Å². The smallest absolute Gasteiger partial charge is 0.135 e. The third kappa shape index (κ3) is 3.05. The van der Waals surface area contributed by atoms with Crippen LogP contribution in [-0.2, 0) is 12.8 Å². The molecule has 18 heavy (non-hydrogen) atoms. The van der Waals surface area contributed by atoms with Crippen LogP contribution in [0.1, 0.15) is 36.1 Å². The standard InChI is InChI=1S/C14H16ClN3/c1-3-6-13-17-12(10(2)14(15)18-13)9-11-7-4-5-8-16-11/h4-5,7-8H,3,6,9H2,1-2H3. The molecule has 0 fully saturated rings. The third-order valence-corrected chi connectivity index (χ3v) is 3.15. The summed E-state index contributed by atoms with van der Waals surface area (Å²) in [6.45, 7) is 4.06. The molecule has 0 N–H and O–H groups in total.